The lowest BCUT2D eigenvalue weighted by atomic mass is 9.98. The summed E-state index contributed by atoms with van der Waals surface area (Å²) < 4.78 is 50.8. The molecule has 0 saturated heterocycles. The van der Waals surface area contributed by atoms with Crippen LogP contribution in [0.2, 0.25) is 0 Å². The molecule has 3 heteroatoms. The van der Waals surface area contributed by atoms with Crippen molar-refractivity contribution >= 4 is 60.8 Å². The van der Waals surface area contributed by atoms with E-state index in [1.807, 2.05) is 60.7 Å². The fraction of sp³-hybridized carbons (Fsp3) is 0. The van der Waals surface area contributed by atoms with E-state index in [2.05, 4.69) is 157 Å². The molecule has 3 nitrogen and oxygen atoms in total. The Kier molecular flexibility index (Phi) is 7.62. The molecule has 0 aliphatic carbocycles. The van der Waals surface area contributed by atoms with Crippen molar-refractivity contribution in [1.82, 2.24) is 4.57 Å². The predicted octanol–water partition coefficient (Wildman–Crippen LogP) is 16.8. The summed E-state index contributed by atoms with van der Waals surface area (Å²) in [6.07, 6.45) is 0. The van der Waals surface area contributed by atoms with Crippen LogP contribution in [0.4, 0.5) is 17.1 Å². The molecule has 0 unspecified atom stereocenters. The zero-order chi connectivity index (χ0) is 46.0. The number of hydrogen-bond donors (Lipinski definition) is 0. The molecule has 0 N–H and O–H groups in total. The highest BCUT2D eigenvalue weighted by atomic mass is 16.3. The van der Waals surface area contributed by atoms with Crippen LogP contribution in [0.15, 0.2) is 247 Å². The van der Waals surface area contributed by atoms with Crippen LogP contribution in [-0.4, -0.2) is 4.57 Å². The molecule has 0 radical (unpaired) electrons. The summed E-state index contributed by atoms with van der Waals surface area (Å²) in [6.45, 7) is 0. The minimum absolute atomic E-state index is 0.132. The van der Waals surface area contributed by atoms with Crippen LogP contribution in [-0.2, 0) is 0 Å². The molecule has 2 aromatic heterocycles. The Morgan fingerprint density at radius 2 is 0.873 bits per heavy atom. The molecule has 296 valence electrons. The molecule has 0 spiro atoms. The zero-order valence-electron chi connectivity index (χ0n) is 39.0. The highest BCUT2D eigenvalue weighted by Gasteiger charge is 2.17. The number of anilines is 3. The van der Waals surface area contributed by atoms with Crippen LogP contribution in [0.25, 0.3) is 93.9 Å². The Morgan fingerprint density at radius 3 is 1.57 bits per heavy atom. The Balaban J connectivity index is 0.934. The fourth-order valence-electron chi connectivity index (χ4n) is 9.08. The molecule has 0 saturated carbocycles. The van der Waals surface area contributed by atoms with Gasteiger partial charge in [0, 0.05) is 49.9 Å². The average molecular weight is 810 g/mol. The molecule has 0 aliphatic heterocycles. The number of aromatic nitrogens is 1. The van der Waals surface area contributed by atoms with Crippen LogP contribution in [0.5, 0.6) is 0 Å². The SMILES string of the molecule is [2H]c1c([2H])c([2H])c(-n2c3ccccc3c3cc(-c4ccc(N(c5ccc(-c6cccc(-c7ccccc7)c6)cc5)c5ccc(-c6cccc7c6oc6ccccc67)cc5)cc4)ccc32)c([2H])c1[2H]. The van der Waals surface area contributed by atoms with Gasteiger partial charge in [-0.3, -0.25) is 0 Å². The summed E-state index contributed by atoms with van der Waals surface area (Å²) in [7, 11) is 0. The first kappa shape index (κ1) is 31.5. The second-order valence-electron chi connectivity index (χ2n) is 15.8. The normalized spacial score (nSPS) is 12.6. The van der Waals surface area contributed by atoms with E-state index in [-0.39, 0.29) is 29.9 Å². The second kappa shape index (κ2) is 15.3. The maximum absolute atomic E-state index is 8.80. The molecule has 10 aromatic carbocycles. The molecule has 12 aromatic rings. The van der Waals surface area contributed by atoms with Gasteiger partial charge in [0.25, 0.3) is 0 Å². The third kappa shape index (κ3) is 6.46. The van der Waals surface area contributed by atoms with E-state index >= 15 is 0 Å². The molecule has 2 heterocycles. The number of benzene rings is 10. The van der Waals surface area contributed by atoms with Crippen molar-refractivity contribution < 1.29 is 11.3 Å². The van der Waals surface area contributed by atoms with Gasteiger partial charge < -0.3 is 13.9 Å². The van der Waals surface area contributed by atoms with Crippen molar-refractivity contribution in [2.24, 2.45) is 0 Å². The van der Waals surface area contributed by atoms with E-state index in [4.69, 9.17) is 11.3 Å². The number of furan rings is 1. The molecule has 63 heavy (non-hydrogen) atoms. The van der Waals surface area contributed by atoms with Crippen molar-refractivity contribution in [2.45, 2.75) is 0 Å². The molecule has 0 bridgehead atoms. The van der Waals surface area contributed by atoms with Crippen molar-refractivity contribution in [3.05, 3.63) is 243 Å². The fourth-order valence-corrected chi connectivity index (χ4v) is 9.08. The Labute approximate surface area is 373 Å². The number of nitrogens with zero attached hydrogens (tertiary/aromatic N) is 2. The van der Waals surface area contributed by atoms with Crippen LogP contribution < -0.4 is 4.90 Å². The summed E-state index contributed by atoms with van der Waals surface area (Å²) in [5.41, 5.74) is 15.1. The van der Waals surface area contributed by atoms with Crippen molar-refractivity contribution in [3.8, 4) is 50.2 Å². The summed E-state index contributed by atoms with van der Waals surface area (Å²) in [5.74, 6) is 0. The largest absolute Gasteiger partial charge is 0.455 e. The maximum atomic E-state index is 8.80. The first-order chi connectivity index (χ1) is 33.3. The van der Waals surface area contributed by atoms with E-state index in [9.17, 15) is 0 Å². The average Bonchev–Trinajstić information content (AvgIpc) is 3.94. The summed E-state index contributed by atoms with van der Waals surface area (Å²) in [6, 6.07) is 71.9. The summed E-state index contributed by atoms with van der Waals surface area (Å²) >= 11 is 0. The highest BCUT2D eigenvalue weighted by molar-refractivity contribution is 6.11. The van der Waals surface area contributed by atoms with Crippen molar-refractivity contribution in [1.29, 1.82) is 0 Å². The van der Waals surface area contributed by atoms with Gasteiger partial charge in [-0.15, -0.1) is 0 Å². The molecule has 12 rings (SSSR count). The summed E-state index contributed by atoms with van der Waals surface area (Å²) in [4.78, 5) is 2.27. The number of hydrogen-bond acceptors (Lipinski definition) is 2. The van der Waals surface area contributed by atoms with E-state index in [1.165, 1.54) is 11.1 Å². The minimum atomic E-state index is -0.413. The second-order valence-corrected chi connectivity index (χ2v) is 15.8. The van der Waals surface area contributed by atoms with Gasteiger partial charge in [-0.2, -0.15) is 0 Å². The minimum Gasteiger partial charge on any atom is -0.455 e. The van der Waals surface area contributed by atoms with Crippen LogP contribution in [0, 0.1) is 0 Å². The van der Waals surface area contributed by atoms with Gasteiger partial charge in [-0.1, -0.05) is 164 Å². The molecule has 0 amide bonds. The topological polar surface area (TPSA) is 21.3 Å². The Hall–Kier alpha value is -8.40. The lowest BCUT2D eigenvalue weighted by molar-refractivity contribution is 0.670. The van der Waals surface area contributed by atoms with Crippen LogP contribution in [0.1, 0.15) is 6.85 Å². The van der Waals surface area contributed by atoms with Gasteiger partial charge >= 0.3 is 0 Å². The number of para-hydroxylation sites is 4. The molecular weight excluding hydrogens is 765 g/mol. The van der Waals surface area contributed by atoms with Crippen LogP contribution >= 0.6 is 0 Å². The van der Waals surface area contributed by atoms with Gasteiger partial charge in [0.05, 0.1) is 17.9 Å². The van der Waals surface area contributed by atoms with Gasteiger partial charge in [0.15, 0.2) is 0 Å². The highest BCUT2D eigenvalue weighted by Crippen LogP contribution is 2.41. The van der Waals surface area contributed by atoms with Gasteiger partial charge in [-0.05, 0) is 118 Å². The first-order valence-electron chi connectivity index (χ1n) is 23.6. The van der Waals surface area contributed by atoms with E-state index in [0.717, 1.165) is 94.2 Å². The molecule has 0 fully saturated rings. The van der Waals surface area contributed by atoms with Crippen LogP contribution in [0.3, 0.4) is 0 Å². The quantitative estimate of drug-likeness (QED) is 0.152. The van der Waals surface area contributed by atoms with E-state index < -0.39 is 6.04 Å². The Bertz CT molecular complexity index is 3870. The van der Waals surface area contributed by atoms with Gasteiger partial charge in [-0.25, -0.2) is 0 Å². The first-order valence-corrected chi connectivity index (χ1v) is 21.1. The predicted molar refractivity (Wildman–Crippen MR) is 264 cm³/mol. The third-order valence-corrected chi connectivity index (χ3v) is 12.1. The Morgan fingerprint density at radius 1 is 0.365 bits per heavy atom. The third-order valence-electron chi connectivity index (χ3n) is 12.1. The molecule has 0 aliphatic rings. The van der Waals surface area contributed by atoms with Gasteiger partial charge in [0.2, 0.25) is 0 Å². The van der Waals surface area contributed by atoms with E-state index in [1.54, 1.807) is 4.57 Å². The maximum Gasteiger partial charge on any atom is 0.143 e. The number of rotatable bonds is 8. The lowest BCUT2D eigenvalue weighted by Gasteiger charge is -2.26. The van der Waals surface area contributed by atoms with Crippen molar-refractivity contribution in [3.63, 3.8) is 0 Å². The standard InChI is InChI=1S/C60H40N2O/c1-3-13-41(14-4-1)45-15-11-16-46(39-45)42-25-32-49(33-26-42)61(51-36-29-44(30-37-51)52-21-12-22-55-54-20-8-10-24-59(54)63-60(52)55)50-34-27-43(28-35-50)47-31-38-58-56(40-47)53-19-7-9-23-57(53)62(58)48-17-5-2-6-18-48/h1-40H/i2D,5D,6D,17D,18D. The molecular formula is C60H40N2O. The van der Waals surface area contributed by atoms with E-state index in [0.29, 0.717) is 0 Å². The smallest absolute Gasteiger partial charge is 0.143 e. The zero-order valence-corrected chi connectivity index (χ0v) is 34.0. The summed E-state index contributed by atoms with van der Waals surface area (Å²) in [5, 5.41) is 4.04. The monoisotopic (exact) mass is 809 g/mol. The van der Waals surface area contributed by atoms with Crippen molar-refractivity contribution in [2.75, 3.05) is 4.90 Å². The molecule has 0 atom stereocenters. The number of fused-ring (bicyclic) bond motifs is 6. The van der Waals surface area contributed by atoms with Gasteiger partial charge in [0.1, 0.15) is 11.2 Å². The lowest BCUT2D eigenvalue weighted by Crippen LogP contribution is -2.09.